The number of allylic oxidation sites excluding steroid dienone is 2. The summed E-state index contributed by atoms with van der Waals surface area (Å²) in [4.78, 5) is 16.8. The highest BCUT2D eigenvalue weighted by atomic mass is 16.4. The molecule has 1 aromatic heterocycles. The Kier molecular flexibility index (Phi) is 4.28. The Bertz CT molecular complexity index is 716. The molecule has 0 aliphatic heterocycles. The normalized spacial score (nSPS) is 22.4. The summed E-state index contributed by atoms with van der Waals surface area (Å²) in [5.74, 6) is -0.904. The number of aromatic nitrogens is 1. The molecule has 0 bridgehead atoms. The molecule has 130 valence electrons. The lowest BCUT2D eigenvalue weighted by Crippen LogP contribution is -2.29. The average molecular weight is 329 g/mol. The van der Waals surface area contributed by atoms with Gasteiger partial charge in [-0.05, 0) is 49.0 Å². The zero-order valence-electron chi connectivity index (χ0n) is 15.0. The number of aromatic carboxylic acids is 1. The second kappa shape index (κ2) is 5.99. The SMILES string of the molecule is CC(C)c1nc2c(c(C3=CCCC3)c1C(=O)O)[C@@H](O)CC(C)(C)C2. The molecular formula is C20H27NO3. The minimum absolute atomic E-state index is 0.0280. The van der Waals surface area contributed by atoms with Gasteiger partial charge in [-0.2, -0.15) is 0 Å². The van der Waals surface area contributed by atoms with Crippen LogP contribution in [0.1, 0.15) is 98.3 Å². The molecule has 1 aromatic rings. The minimum Gasteiger partial charge on any atom is -0.478 e. The van der Waals surface area contributed by atoms with Crippen LogP contribution >= 0.6 is 0 Å². The van der Waals surface area contributed by atoms with Gasteiger partial charge in [0.15, 0.2) is 0 Å². The van der Waals surface area contributed by atoms with E-state index in [0.29, 0.717) is 17.7 Å². The van der Waals surface area contributed by atoms with Crippen molar-refractivity contribution in [1.82, 2.24) is 4.98 Å². The van der Waals surface area contributed by atoms with Crippen LogP contribution in [0.3, 0.4) is 0 Å². The minimum atomic E-state index is -0.936. The summed E-state index contributed by atoms with van der Waals surface area (Å²) in [6.07, 6.45) is 5.81. The van der Waals surface area contributed by atoms with Gasteiger partial charge in [-0.1, -0.05) is 33.8 Å². The predicted octanol–water partition coefficient (Wildman–Crippen LogP) is 4.48. The first kappa shape index (κ1) is 17.2. The van der Waals surface area contributed by atoms with Crippen LogP contribution in [0.4, 0.5) is 0 Å². The molecule has 0 radical (unpaired) electrons. The third kappa shape index (κ3) is 2.88. The Hall–Kier alpha value is -1.68. The summed E-state index contributed by atoms with van der Waals surface area (Å²) in [6.45, 7) is 8.24. The Morgan fingerprint density at radius 1 is 1.38 bits per heavy atom. The van der Waals surface area contributed by atoms with E-state index in [9.17, 15) is 15.0 Å². The maximum absolute atomic E-state index is 12.1. The highest BCUT2D eigenvalue weighted by Crippen LogP contribution is 2.46. The molecule has 0 aromatic carbocycles. The number of nitrogens with zero attached hydrogens (tertiary/aromatic N) is 1. The number of hydrogen-bond donors (Lipinski definition) is 2. The van der Waals surface area contributed by atoms with Gasteiger partial charge < -0.3 is 10.2 Å². The van der Waals surface area contributed by atoms with Crippen LogP contribution in [-0.4, -0.2) is 21.2 Å². The number of hydrogen-bond acceptors (Lipinski definition) is 3. The van der Waals surface area contributed by atoms with Gasteiger partial charge in [0, 0.05) is 16.8 Å². The summed E-state index contributed by atoms with van der Waals surface area (Å²) in [7, 11) is 0. The third-order valence-electron chi connectivity index (χ3n) is 5.19. The first-order valence-corrected chi connectivity index (χ1v) is 8.88. The highest BCUT2D eigenvalue weighted by molar-refractivity contribution is 5.97. The Labute approximate surface area is 143 Å². The van der Waals surface area contributed by atoms with Crippen molar-refractivity contribution >= 4 is 11.5 Å². The second-order valence-corrected chi connectivity index (χ2v) is 8.25. The van der Waals surface area contributed by atoms with Gasteiger partial charge in [-0.3, -0.25) is 4.98 Å². The zero-order chi connectivity index (χ0) is 17.6. The number of fused-ring (bicyclic) bond motifs is 1. The quantitative estimate of drug-likeness (QED) is 0.858. The van der Waals surface area contributed by atoms with Gasteiger partial charge in [-0.25, -0.2) is 4.79 Å². The molecule has 1 heterocycles. The van der Waals surface area contributed by atoms with Crippen molar-refractivity contribution in [2.24, 2.45) is 5.41 Å². The monoisotopic (exact) mass is 329 g/mol. The van der Waals surface area contributed by atoms with Crippen LogP contribution < -0.4 is 0 Å². The van der Waals surface area contributed by atoms with Crippen LogP contribution in [-0.2, 0) is 6.42 Å². The third-order valence-corrected chi connectivity index (χ3v) is 5.19. The molecule has 0 fully saturated rings. The van der Waals surface area contributed by atoms with Crippen molar-refractivity contribution in [3.05, 3.63) is 34.2 Å². The Morgan fingerprint density at radius 2 is 2.08 bits per heavy atom. The maximum Gasteiger partial charge on any atom is 0.338 e. The molecule has 24 heavy (non-hydrogen) atoms. The lowest BCUT2D eigenvalue weighted by atomic mass is 9.72. The Morgan fingerprint density at radius 3 is 2.62 bits per heavy atom. The van der Waals surface area contributed by atoms with E-state index < -0.39 is 12.1 Å². The topological polar surface area (TPSA) is 70.4 Å². The van der Waals surface area contributed by atoms with Crippen molar-refractivity contribution in [2.75, 3.05) is 0 Å². The molecule has 2 N–H and O–H groups in total. The summed E-state index contributed by atoms with van der Waals surface area (Å²) in [5.41, 5.74) is 4.41. The molecule has 0 saturated carbocycles. The van der Waals surface area contributed by atoms with Gasteiger partial charge in [0.1, 0.15) is 0 Å². The van der Waals surface area contributed by atoms with Crippen molar-refractivity contribution in [3.8, 4) is 0 Å². The van der Waals surface area contributed by atoms with Crippen LogP contribution in [0.5, 0.6) is 0 Å². The smallest absolute Gasteiger partial charge is 0.338 e. The van der Waals surface area contributed by atoms with Crippen LogP contribution in [0.15, 0.2) is 6.08 Å². The molecule has 0 spiro atoms. The number of carboxylic acids is 1. The second-order valence-electron chi connectivity index (χ2n) is 8.25. The molecule has 2 aliphatic rings. The number of rotatable bonds is 3. The summed E-state index contributed by atoms with van der Waals surface area (Å²) >= 11 is 0. The van der Waals surface area contributed by atoms with E-state index in [1.54, 1.807) is 0 Å². The number of pyridine rings is 1. The van der Waals surface area contributed by atoms with Crippen LogP contribution in [0.25, 0.3) is 5.57 Å². The van der Waals surface area contributed by atoms with Gasteiger partial charge in [0.05, 0.1) is 17.4 Å². The van der Waals surface area contributed by atoms with E-state index >= 15 is 0 Å². The lowest BCUT2D eigenvalue weighted by Gasteiger charge is -2.36. The number of aliphatic hydroxyl groups excluding tert-OH is 1. The van der Waals surface area contributed by atoms with Gasteiger partial charge in [0.25, 0.3) is 0 Å². The van der Waals surface area contributed by atoms with Crippen molar-refractivity contribution in [2.45, 2.75) is 71.8 Å². The lowest BCUT2D eigenvalue weighted by molar-refractivity contribution is 0.0692. The predicted molar refractivity (Wildman–Crippen MR) is 94.2 cm³/mol. The summed E-state index contributed by atoms with van der Waals surface area (Å²) in [5, 5.41) is 20.7. The standard InChI is InChI=1S/C20H27NO3/c1-11(2)18-17(19(23)24)15(12-7-5-6-8-12)16-13(21-18)9-20(3,4)10-14(16)22/h7,11,14,22H,5-6,8-10H2,1-4H3,(H,23,24)/t14-/m0/s1. The molecule has 0 saturated heterocycles. The van der Waals surface area contributed by atoms with E-state index in [4.69, 9.17) is 4.98 Å². The van der Waals surface area contributed by atoms with Gasteiger partial charge in [-0.15, -0.1) is 0 Å². The first-order chi connectivity index (χ1) is 11.2. The molecule has 0 unspecified atom stereocenters. The van der Waals surface area contributed by atoms with E-state index in [1.807, 2.05) is 13.8 Å². The molecule has 4 heteroatoms. The fraction of sp³-hybridized carbons (Fsp3) is 0.600. The van der Waals surface area contributed by atoms with E-state index in [1.165, 1.54) is 0 Å². The zero-order valence-corrected chi connectivity index (χ0v) is 15.0. The molecule has 1 atom stereocenters. The summed E-state index contributed by atoms with van der Waals surface area (Å²) in [6, 6.07) is 0. The molecule has 4 nitrogen and oxygen atoms in total. The largest absolute Gasteiger partial charge is 0.478 e. The van der Waals surface area contributed by atoms with E-state index in [-0.39, 0.29) is 11.3 Å². The molecule has 2 aliphatic carbocycles. The average Bonchev–Trinajstić information content (AvgIpc) is 2.97. The number of aliphatic hydroxyl groups is 1. The highest BCUT2D eigenvalue weighted by Gasteiger charge is 2.38. The van der Waals surface area contributed by atoms with Crippen molar-refractivity contribution < 1.29 is 15.0 Å². The van der Waals surface area contributed by atoms with Crippen LogP contribution in [0, 0.1) is 5.41 Å². The fourth-order valence-corrected chi connectivity index (χ4v) is 4.18. The number of carbonyl (C=O) groups is 1. The van der Waals surface area contributed by atoms with Crippen molar-refractivity contribution in [3.63, 3.8) is 0 Å². The fourth-order valence-electron chi connectivity index (χ4n) is 4.18. The molecular weight excluding hydrogens is 302 g/mol. The molecule has 3 rings (SSSR count). The summed E-state index contributed by atoms with van der Waals surface area (Å²) < 4.78 is 0. The Balaban J connectivity index is 2.35. The molecule has 0 amide bonds. The number of carboxylic acid groups (broad SMARTS) is 1. The maximum atomic E-state index is 12.1. The van der Waals surface area contributed by atoms with Gasteiger partial charge in [0.2, 0.25) is 0 Å². The van der Waals surface area contributed by atoms with E-state index in [0.717, 1.165) is 48.1 Å². The van der Waals surface area contributed by atoms with Gasteiger partial charge >= 0.3 is 5.97 Å². The first-order valence-electron chi connectivity index (χ1n) is 8.88. The van der Waals surface area contributed by atoms with Crippen molar-refractivity contribution in [1.29, 1.82) is 0 Å². The van der Waals surface area contributed by atoms with E-state index in [2.05, 4.69) is 19.9 Å². The van der Waals surface area contributed by atoms with Crippen LogP contribution in [0.2, 0.25) is 0 Å².